The molecule has 1 amide bonds. The Kier molecular flexibility index (Phi) is 6.00. The smallest absolute Gasteiger partial charge is 0.238 e. The number of aliphatic hydroxyl groups is 1. The molecule has 8 heteroatoms. The molecule has 0 saturated heterocycles. The molecule has 0 unspecified atom stereocenters. The van der Waals surface area contributed by atoms with Crippen LogP contribution in [0.25, 0.3) is 0 Å². The summed E-state index contributed by atoms with van der Waals surface area (Å²) in [5.74, 6) is -0.153. The molecular weight excluding hydrogens is 292 g/mol. The van der Waals surface area contributed by atoms with Gasteiger partial charge in [0, 0.05) is 20.2 Å². The summed E-state index contributed by atoms with van der Waals surface area (Å²) in [5.41, 5.74) is 2.12. The van der Waals surface area contributed by atoms with Crippen LogP contribution in [0.2, 0.25) is 0 Å². The second-order valence-electron chi connectivity index (χ2n) is 4.48. The lowest BCUT2D eigenvalue weighted by Crippen LogP contribution is -2.37. The highest BCUT2D eigenvalue weighted by Crippen LogP contribution is 2.38. The van der Waals surface area contributed by atoms with Crippen LogP contribution in [0, 0.1) is 0 Å². The van der Waals surface area contributed by atoms with Crippen molar-refractivity contribution in [2.24, 2.45) is 8.73 Å². The van der Waals surface area contributed by atoms with E-state index in [0.29, 0.717) is 31.1 Å². The Balaban J connectivity index is 1.95. The number of fused-ring (bicyclic) bond motifs is 1. The average molecular weight is 310 g/mol. The number of carbonyl (C=O) groups is 1. The van der Waals surface area contributed by atoms with Gasteiger partial charge in [0.05, 0.1) is 36.8 Å². The van der Waals surface area contributed by atoms with Gasteiger partial charge in [-0.05, 0) is 12.1 Å². The van der Waals surface area contributed by atoms with Gasteiger partial charge in [-0.3, -0.25) is 9.69 Å². The van der Waals surface area contributed by atoms with E-state index in [0.717, 1.165) is 17.0 Å². The number of nitrogens with one attached hydrogen (secondary N) is 1. The van der Waals surface area contributed by atoms with Gasteiger partial charge >= 0.3 is 0 Å². The van der Waals surface area contributed by atoms with Crippen LogP contribution in [-0.2, 0) is 20.9 Å². The third kappa shape index (κ3) is 4.43. The molecule has 0 aliphatic carbocycles. The summed E-state index contributed by atoms with van der Waals surface area (Å²) >= 11 is 1.12. The molecule has 0 saturated carbocycles. The van der Waals surface area contributed by atoms with Crippen LogP contribution in [0.3, 0.4) is 0 Å². The number of nitrogens with zero attached hydrogens (tertiary/aromatic N) is 3. The number of anilines is 1. The largest absolute Gasteiger partial charge is 0.395 e. The molecule has 2 rings (SSSR count). The van der Waals surface area contributed by atoms with Crippen molar-refractivity contribution in [1.29, 1.82) is 0 Å². The number of benzene rings is 1. The first-order chi connectivity index (χ1) is 10.2. The van der Waals surface area contributed by atoms with Crippen LogP contribution in [0.15, 0.2) is 26.9 Å². The highest BCUT2D eigenvalue weighted by Gasteiger charge is 2.15. The van der Waals surface area contributed by atoms with E-state index in [2.05, 4.69) is 14.0 Å². The number of rotatable bonds is 8. The number of carbonyl (C=O) groups excluding carboxylic acids is 1. The summed E-state index contributed by atoms with van der Waals surface area (Å²) in [6.07, 6.45) is 0. The topological polar surface area (TPSA) is 86.5 Å². The summed E-state index contributed by atoms with van der Waals surface area (Å²) in [6, 6.07) is 5.48. The molecule has 114 valence electrons. The first kappa shape index (κ1) is 15.8. The zero-order valence-corrected chi connectivity index (χ0v) is 12.6. The molecule has 1 aliphatic rings. The van der Waals surface area contributed by atoms with Crippen molar-refractivity contribution in [2.45, 2.75) is 0 Å². The van der Waals surface area contributed by atoms with Crippen LogP contribution in [0.5, 0.6) is 0 Å². The maximum Gasteiger partial charge on any atom is 0.238 e. The van der Waals surface area contributed by atoms with Gasteiger partial charge in [0.1, 0.15) is 11.4 Å². The lowest BCUT2D eigenvalue weighted by molar-refractivity contribution is -0.117. The summed E-state index contributed by atoms with van der Waals surface area (Å²) in [4.78, 5) is 13.9. The van der Waals surface area contributed by atoms with Gasteiger partial charge in [-0.25, -0.2) is 0 Å². The van der Waals surface area contributed by atoms with Crippen molar-refractivity contribution in [2.75, 3.05) is 45.3 Å². The quantitative estimate of drug-likeness (QED) is 0.769. The zero-order chi connectivity index (χ0) is 15.1. The Morgan fingerprint density at radius 1 is 1.43 bits per heavy atom. The highest BCUT2D eigenvalue weighted by atomic mass is 32.1. The van der Waals surface area contributed by atoms with Crippen molar-refractivity contribution in [3.63, 3.8) is 0 Å². The molecular formula is C13H18N4O3S. The Bertz CT molecular complexity index is 573. The minimum Gasteiger partial charge on any atom is -0.395 e. The van der Waals surface area contributed by atoms with Crippen LogP contribution < -0.4 is 5.32 Å². The minimum atomic E-state index is -0.153. The summed E-state index contributed by atoms with van der Waals surface area (Å²) in [7, 11) is 1.60. The predicted octanol–water partition coefficient (Wildman–Crippen LogP) is 1.29. The molecule has 1 heterocycles. The van der Waals surface area contributed by atoms with E-state index in [4.69, 9.17) is 9.84 Å². The Morgan fingerprint density at radius 2 is 2.29 bits per heavy atom. The van der Waals surface area contributed by atoms with Gasteiger partial charge in [-0.15, -0.1) is 0 Å². The SMILES string of the molecule is COCCN(CCO)CC(=O)Nc1cccc2c1N=S=N2. The molecule has 1 aliphatic heterocycles. The number of hydrogen-bond acceptors (Lipinski definition) is 6. The van der Waals surface area contributed by atoms with E-state index >= 15 is 0 Å². The van der Waals surface area contributed by atoms with Gasteiger partial charge in [-0.1, -0.05) is 6.07 Å². The maximum atomic E-state index is 12.1. The van der Waals surface area contributed by atoms with E-state index in [1.165, 1.54) is 0 Å². The molecule has 7 nitrogen and oxygen atoms in total. The molecule has 0 aromatic heterocycles. The van der Waals surface area contributed by atoms with Crippen molar-refractivity contribution >= 4 is 34.3 Å². The third-order valence-corrected chi connectivity index (χ3v) is 3.50. The average Bonchev–Trinajstić information content (AvgIpc) is 2.94. The van der Waals surface area contributed by atoms with Crippen molar-refractivity contribution in [3.8, 4) is 0 Å². The number of aliphatic hydroxyl groups excluding tert-OH is 1. The molecule has 0 bridgehead atoms. The molecule has 0 radical (unpaired) electrons. The summed E-state index contributed by atoms with van der Waals surface area (Å²) in [6.45, 7) is 1.73. The minimum absolute atomic E-state index is 0.00256. The Labute approximate surface area is 126 Å². The van der Waals surface area contributed by atoms with E-state index in [-0.39, 0.29) is 19.1 Å². The third-order valence-electron chi connectivity index (χ3n) is 2.96. The summed E-state index contributed by atoms with van der Waals surface area (Å²) < 4.78 is 13.3. The molecule has 1 aromatic rings. The summed E-state index contributed by atoms with van der Waals surface area (Å²) in [5, 5.41) is 11.9. The lowest BCUT2D eigenvalue weighted by Gasteiger charge is -2.20. The fourth-order valence-corrected chi connectivity index (χ4v) is 2.48. The maximum absolute atomic E-state index is 12.1. The Hall–Kier alpha value is -1.61. The van der Waals surface area contributed by atoms with Crippen molar-refractivity contribution < 1.29 is 14.6 Å². The van der Waals surface area contributed by atoms with Crippen LogP contribution in [0.1, 0.15) is 0 Å². The second-order valence-corrected chi connectivity index (χ2v) is 5.01. The van der Waals surface area contributed by atoms with Crippen LogP contribution in [0.4, 0.5) is 17.1 Å². The number of methoxy groups -OCH3 is 1. The molecule has 0 spiro atoms. The molecule has 1 aromatic carbocycles. The first-order valence-corrected chi connectivity index (χ1v) is 7.31. The number of hydrogen-bond donors (Lipinski definition) is 2. The number of amides is 1. The number of ether oxygens (including phenoxy) is 1. The normalized spacial score (nSPS) is 12.3. The van der Waals surface area contributed by atoms with Gasteiger partial charge in [0.2, 0.25) is 5.91 Å². The van der Waals surface area contributed by atoms with E-state index in [1.54, 1.807) is 13.2 Å². The second kappa shape index (κ2) is 7.99. The fraction of sp³-hybridized carbons (Fsp3) is 0.462. The predicted molar refractivity (Wildman–Crippen MR) is 82.0 cm³/mol. The standard InChI is InChI=1S/C13H18N4O3S/c1-20-8-6-17(5-7-18)9-12(19)14-10-3-2-4-11-13(10)16-21-15-11/h2-4,18H,5-9H2,1H3,(H,14,19). The van der Waals surface area contributed by atoms with Gasteiger partial charge in [0.15, 0.2) is 0 Å². The van der Waals surface area contributed by atoms with E-state index < -0.39 is 0 Å². The van der Waals surface area contributed by atoms with Crippen molar-refractivity contribution in [3.05, 3.63) is 18.2 Å². The monoisotopic (exact) mass is 310 g/mol. The molecule has 21 heavy (non-hydrogen) atoms. The molecule has 2 N–H and O–H groups in total. The van der Waals surface area contributed by atoms with Gasteiger partial charge in [0.25, 0.3) is 0 Å². The highest BCUT2D eigenvalue weighted by molar-refractivity contribution is 7.58. The van der Waals surface area contributed by atoms with Crippen molar-refractivity contribution in [1.82, 2.24) is 4.90 Å². The van der Waals surface area contributed by atoms with E-state index in [1.807, 2.05) is 17.0 Å². The van der Waals surface area contributed by atoms with Gasteiger partial charge < -0.3 is 15.2 Å². The molecule has 0 fully saturated rings. The van der Waals surface area contributed by atoms with Crippen LogP contribution >= 0.6 is 0 Å². The van der Waals surface area contributed by atoms with Gasteiger partial charge in [-0.2, -0.15) is 8.73 Å². The fourth-order valence-electron chi connectivity index (χ4n) is 1.93. The van der Waals surface area contributed by atoms with E-state index in [9.17, 15) is 4.79 Å². The zero-order valence-electron chi connectivity index (χ0n) is 11.8. The Morgan fingerprint density at radius 3 is 3.05 bits per heavy atom. The van der Waals surface area contributed by atoms with Crippen LogP contribution in [-0.4, -0.2) is 55.9 Å². The molecule has 0 atom stereocenters. The lowest BCUT2D eigenvalue weighted by atomic mass is 10.2. The first-order valence-electron chi connectivity index (χ1n) is 6.58.